The molecule has 0 unspecified atom stereocenters. The summed E-state index contributed by atoms with van der Waals surface area (Å²) in [6.07, 6.45) is 2.08. The first-order chi connectivity index (χ1) is 15.8. The summed E-state index contributed by atoms with van der Waals surface area (Å²) in [7, 11) is -3.88. The lowest BCUT2D eigenvalue weighted by atomic mass is 9.92. The van der Waals surface area contributed by atoms with E-state index in [9.17, 15) is 18.0 Å². The monoisotopic (exact) mass is 467 g/mol. The van der Waals surface area contributed by atoms with Gasteiger partial charge in [-0.1, -0.05) is 24.3 Å². The Morgan fingerprint density at radius 2 is 1.82 bits per heavy atom. The first-order valence-corrected chi connectivity index (χ1v) is 12.0. The van der Waals surface area contributed by atoms with Gasteiger partial charge in [0.25, 0.3) is 0 Å². The molecule has 4 rings (SSSR count). The zero-order valence-electron chi connectivity index (χ0n) is 18.2. The van der Waals surface area contributed by atoms with Crippen molar-refractivity contribution in [2.45, 2.75) is 37.2 Å². The molecule has 0 radical (unpaired) electrons. The Labute approximate surface area is 192 Å². The van der Waals surface area contributed by atoms with Crippen LogP contribution < -0.4 is 10.6 Å². The molecule has 1 aliphatic rings. The maximum atomic E-state index is 13.6. The van der Waals surface area contributed by atoms with Crippen LogP contribution in [0.3, 0.4) is 0 Å². The second-order valence-corrected chi connectivity index (χ2v) is 9.74. The third kappa shape index (κ3) is 5.15. The predicted octanol–water partition coefficient (Wildman–Crippen LogP) is 3.23. The number of fused-ring (bicyclic) bond motifs is 1. The summed E-state index contributed by atoms with van der Waals surface area (Å²) in [5.41, 5.74) is 2.38. The number of nitrogens with one attached hydrogen (secondary N) is 2. The molecule has 9 heteroatoms. The molecule has 3 aromatic rings. The Kier molecular flexibility index (Phi) is 6.62. The van der Waals surface area contributed by atoms with Gasteiger partial charge < -0.3 is 15.1 Å². The molecule has 2 amide bonds. The van der Waals surface area contributed by atoms with Gasteiger partial charge >= 0.3 is 0 Å². The summed E-state index contributed by atoms with van der Waals surface area (Å²) >= 11 is 0. The first-order valence-electron chi connectivity index (χ1n) is 10.6. The fraction of sp³-hybridized carbons (Fsp3) is 0.250. The lowest BCUT2D eigenvalue weighted by Crippen LogP contribution is -2.42. The van der Waals surface area contributed by atoms with Crippen molar-refractivity contribution < 1.29 is 22.4 Å². The van der Waals surface area contributed by atoms with E-state index >= 15 is 0 Å². The molecule has 0 aliphatic carbocycles. The quantitative estimate of drug-likeness (QED) is 0.555. The smallest absolute Gasteiger partial charge is 0.243 e. The number of carbonyl (C=O) groups is 2. The molecular weight excluding hydrogens is 442 g/mol. The van der Waals surface area contributed by atoms with Crippen molar-refractivity contribution in [3.05, 3.63) is 83.8 Å². The van der Waals surface area contributed by atoms with Gasteiger partial charge in [-0.25, -0.2) is 8.42 Å². The second-order valence-electron chi connectivity index (χ2n) is 7.85. The molecule has 1 aromatic heterocycles. The molecule has 1 aliphatic heterocycles. The summed E-state index contributed by atoms with van der Waals surface area (Å²) in [5.74, 6) is 0.115. The van der Waals surface area contributed by atoms with Gasteiger partial charge in [0.15, 0.2) is 0 Å². The molecule has 1 atom stereocenters. The molecule has 2 N–H and O–H groups in total. The van der Waals surface area contributed by atoms with Crippen LogP contribution in [0.1, 0.15) is 36.3 Å². The zero-order valence-corrected chi connectivity index (χ0v) is 19.0. The van der Waals surface area contributed by atoms with Gasteiger partial charge in [0.2, 0.25) is 21.8 Å². The van der Waals surface area contributed by atoms with Crippen molar-refractivity contribution in [3.8, 4) is 0 Å². The topological polar surface area (TPSA) is 109 Å². The summed E-state index contributed by atoms with van der Waals surface area (Å²) in [6.45, 7) is 1.89. The lowest BCUT2D eigenvalue weighted by molar-refractivity contribution is -0.122. The first kappa shape index (κ1) is 22.8. The van der Waals surface area contributed by atoms with E-state index in [0.717, 1.165) is 11.1 Å². The van der Waals surface area contributed by atoms with Crippen LogP contribution in [0.25, 0.3) is 0 Å². The summed E-state index contributed by atoms with van der Waals surface area (Å²) < 4.78 is 33.8. The average Bonchev–Trinajstić information content (AvgIpc) is 3.31. The SMILES string of the molecule is CC(=O)Nc1ccc(S(=O)(=O)N2CCc3ccccc3[C@@H]2CC(=O)NCc2ccco2)cc1. The second kappa shape index (κ2) is 9.60. The third-order valence-electron chi connectivity index (χ3n) is 5.56. The highest BCUT2D eigenvalue weighted by Crippen LogP contribution is 2.36. The van der Waals surface area contributed by atoms with Crippen LogP contribution in [-0.2, 0) is 32.6 Å². The third-order valence-corrected chi connectivity index (χ3v) is 7.49. The van der Waals surface area contributed by atoms with Crippen molar-refractivity contribution >= 4 is 27.5 Å². The average molecular weight is 468 g/mol. The minimum absolute atomic E-state index is 0.0130. The molecule has 0 fully saturated rings. The largest absolute Gasteiger partial charge is 0.467 e. The van der Waals surface area contributed by atoms with Crippen LogP contribution in [0.5, 0.6) is 0 Å². The predicted molar refractivity (Wildman–Crippen MR) is 123 cm³/mol. The Hall–Kier alpha value is -3.43. The fourth-order valence-corrected chi connectivity index (χ4v) is 5.63. The van der Waals surface area contributed by atoms with Gasteiger partial charge in [0.05, 0.1) is 23.7 Å². The van der Waals surface area contributed by atoms with E-state index in [2.05, 4.69) is 10.6 Å². The molecule has 0 saturated heterocycles. The fourth-order valence-electron chi connectivity index (χ4n) is 4.02. The van der Waals surface area contributed by atoms with Gasteiger partial charge in [-0.05, 0) is 53.9 Å². The maximum Gasteiger partial charge on any atom is 0.243 e. The van der Waals surface area contributed by atoms with Crippen molar-refractivity contribution in [1.29, 1.82) is 0 Å². The lowest BCUT2D eigenvalue weighted by Gasteiger charge is -2.36. The molecule has 2 heterocycles. The minimum atomic E-state index is -3.88. The number of hydrogen-bond donors (Lipinski definition) is 2. The van der Waals surface area contributed by atoms with E-state index in [1.165, 1.54) is 29.6 Å². The summed E-state index contributed by atoms with van der Waals surface area (Å²) in [5, 5.41) is 5.43. The molecule has 2 aromatic carbocycles. The van der Waals surface area contributed by atoms with Crippen LogP contribution >= 0.6 is 0 Å². The molecule has 8 nitrogen and oxygen atoms in total. The number of hydrogen-bond acceptors (Lipinski definition) is 5. The van der Waals surface area contributed by atoms with Crippen molar-refractivity contribution in [1.82, 2.24) is 9.62 Å². The number of anilines is 1. The van der Waals surface area contributed by atoms with E-state index in [-0.39, 0.29) is 36.2 Å². The normalized spacial score (nSPS) is 16.1. The Balaban J connectivity index is 1.59. The van der Waals surface area contributed by atoms with Gasteiger partial charge in [-0.15, -0.1) is 0 Å². The Morgan fingerprint density at radius 3 is 2.52 bits per heavy atom. The Morgan fingerprint density at radius 1 is 1.06 bits per heavy atom. The van der Waals surface area contributed by atoms with E-state index in [0.29, 0.717) is 17.9 Å². The van der Waals surface area contributed by atoms with Crippen molar-refractivity contribution in [3.63, 3.8) is 0 Å². The summed E-state index contributed by atoms with van der Waals surface area (Å²) in [4.78, 5) is 24.1. The van der Waals surface area contributed by atoms with E-state index < -0.39 is 16.1 Å². The van der Waals surface area contributed by atoms with Crippen LogP contribution in [-0.4, -0.2) is 31.1 Å². The van der Waals surface area contributed by atoms with Crippen LogP contribution in [0, 0.1) is 0 Å². The molecule has 33 heavy (non-hydrogen) atoms. The van der Waals surface area contributed by atoms with Crippen molar-refractivity contribution in [2.24, 2.45) is 0 Å². The van der Waals surface area contributed by atoms with Crippen LogP contribution in [0.4, 0.5) is 5.69 Å². The van der Waals surface area contributed by atoms with Gasteiger partial charge in [-0.3, -0.25) is 9.59 Å². The number of amides is 2. The standard InChI is InChI=1S/C24H25N3O5S/c1-17(28)26-19-8-10-21(11-9-19)33(30,31)27-13-12-18-5-2-3-7-22(18)23(27)15-24(29)25-16-20-6-4-14-32-20/h2-11,14,23H,12-13,15-16H2,1H3,(H,25,29)(H,26,28)/t23-/m0/s1. The summed E-state index contributed by atoms with van der Waals surface area (Å²) in [6, 6.07) is 16.5. The van der Waals surface area contributed by atoms with E-state index in [1.54, 1.807) is 24.3 Å². The van der Waals surface area contributed by atoms with Gasteiger partial charge in [-0.2, -0.15) is 4.31 Å². The van der Waals surface area contributed by atoms with Gasteiger partial charge in [0, 0.05) is 25.6 Å². The molecule has 172 valence electrons. The van der Waals surface area contributed by atoms with E-state index in [4.69, 9.17) is 4.42 Å². The van der Waals surface area contributed by atoms with E-state index in [1.807, 2.05) is 24.3 Å². The molecule has 0 bridgehead atoms. The highest BCUT2D eigenvalue weighted by Gasteiger charge is 2.37. The molecule has 0 spiro atoms. The highest BCUT2D eigenvalue weighted by atomic mass is 32.2. The number of benzene rings is 2. The Bertz CT molecular complexity index is 1240. The number of sulfonamides is 1. The maximum absolute atomic E-state index is 13.6. The van der Waals surface area contributed by atoms with Crippen LogP contribution in [0.15, 0.2) is 76.2 Å². The number of rotatable bonds is 7. The van der Waals surface area contributed by atoms with Gasteiger partial charge in [0.1, 0.15) is 5.76 Å². The molecule has 0 saturated carbocycles. The highest BCUT2D eigenvalue weighted by molar-refractivity contribution is 7.89. The number of carbonyl (C=O) groups excluding carboxylic acids is 2. The zero-order chi connectivity index (χ0) is 23.4. The van der Waals surface area contributed by atoms with Crippen molar-refractivity contribution in [2.75, 3.05) is 11.9 Å². The number of furan rings is 1. The number of nitrogens with zero attached hydrogens (tertiary/aromatic N) is 1. The minimum Gasteiger partial charge on any atom is -0.467 e. The molecular formula is C24H25N3O5S. The van der Waals surface area contributed by atoms with Crippen LogP contribution in [0.2, 0.25) is 0 Å².